The third kappa shape index (κ3) is 9.03. The molecule has 0 fully saturated rings. The molecule has 1 amide bonds. The maximum absolute atomic E-state index is 13.5. The van der Waals surface area contributed by atoms with E-state index in [0.717, 1.165) is 23.4 Å². The highest BCUT2D eigenvalue weighted by Crippen LogP contribution is 2.17. The van der Waals surface area contributed by atoms with Gasteiger partial charge in [0.1, 0.15) is 5.82 Å². The van der Waals surface area contributed by atoms with Crippen LogP contribution in [0.25, 0.3) is 0 Å². The number of carbonyl (C=O) groups excluding carboxylic acids is 1. The van der Waals surface area contributed by atoms with E-state index in [9.17, 15) is 9.18 Å². The van der Waals surface area contributed by atoms with E-state index in [-0.39, 0.29) is 35.7 Å². The molecule has 8 heteroatoms. The fourth-order valence-corrected chi connectivity index (χ4v) is 3.17. The molecule has 0 aliphatic carbocycles. The van der Waals surface area contributed by atoms with Crippen LogP contribution < -0.4 is 16.0 Å². The van der Waals surface area contributed by atoms with Gasteiger partial charge in [-0.25, -0.2) is 9.38 Å². The molecule has 2 rings (SSSR count). The highest BCUT2D eigenvalue weighted by atomic mass is 127. The van der Waals surface area contributed by atoms with Crippen molar-refractivity contribution >= 4 is 47.6 Å². The molecule has 0 unspecified atom stereocenters. The molecule has 0 atom stereocenters. The smallest absolute Gasteiger partial charge is 0.251 e. The summed E-state index contributed by atoms with van der Waals surface area (Å²) in [6.45, 7) is 4.20. The van der Waals surface area contributed by atoms with Crippen LogP contribution in [0.3, 0.4) is 0 Å². The third-order valence-electron chi connectivity index (χ3n) is 3.96. The lowest BCUT2D eigenvalue weighted by atomic mass is 10.1. The van der Waals surface area contributed by atoms with Crippen molar-refractivity contribution in [1.82, 2.24) is 16.0 Å². The first-order valence-electron chi connectivity index (χ1n) is 9.25. The molecule has 2 aromatic carbocycles. The molecular formula is C21H28FIN4OS. The molecule has 0 aromatic heterocycles. The molecule has 0 aliphatic rings. The first kappa shape index (κ1) is 25.2. The molecule has 2 aromatic rings. The molecule has 0 aliphatic heterocycles. The van der Waals surface area contributed by atoms with Crippen molar-refractivity contribution in [1.29, 1.82) is 0 Å². The zero-order valence-corrected chi connectivity index (χ0v) is 19.9. The Bertz CT molecular complexity index is 790. The van der Waals surface area contributed by atoms with E-state index in [2.05, 4.69) is 20.9 Å². The quantitative estimate of drug-likeness (QED) is 0.200. The number of nitrogens with one attached hydrogen (secondary N) is 3. The number of amides is 1. The summed E-state index contributed by atoms with van der Waals surface area (Å²) >= 11 is 1.65. The van der Waals surface area contributed by atoms with Crippen molar-refractivity contribution in [2.45, 2.75) is 19.2 Å². The third-order valence-corrected chi connectivity index (χ3v) is 4.56. The summed E-state index contributed by atoms with van der Waals surface area (Å²) in [6, 6.07) is 13.9. The van der Waals surface area contributed by atoms with E-state index in [1.165, 1.54) is 6.07 Å². The lowest BCUT2D eigenvalue weighted by Gasteiger charge is -2.13. The summed E-state index contributed by atoms with van der Waals surface area (Å²) in [5, 5.41) is 9.26. The Kier molecular flexibility index (Phi) is 12.4. The monoisotopic (exact) mass is 530 g/mol. The lowest BCUT2D eigenvalue weighted by molar-refractivity contribution is 0.0954. The number of benzene rings is 2. The molecule has 0 bridgehead atoms. The second-order valence-electron chi connectivity index (χ2n) is 6.09. The Balaban J connectivity index is 0.00000420. The average molecular weight is 530 g/mol. The normalized spacial score (nSPS) is 10.8. The van der Waals surface area contributed by atoms with Crippen LogP contribution in [0.4, 0.5) is 4.39 Å². The van der Waals surface area contributed by atoms with Gasteiger partial charge in [0, 0.05) is 31.0 Å². The fraction of sp³-hybridized carbons (Fsp3) is 0.333. The van der Waals surface area contributed by atoms with Crippen LogP contribution >= 0.6 is 35.7 Å². The van der Waals surface area contributed by atoms with Gasteiger partial charge in [-0.2, -0.15) is 11.8 Å². The summed E-state index contributed by atoms with van der Waals surface area (Å²) in [5.41, 5.74) is 2.60. The predicted octanol–water partition coefficient (Wildman–Crippen LogP) is 3.79. The second kappa shape index (κ2) is 14.2. The molecule has 0 radical (unpaired) electrons. The summed E-state index contributed by atoms with van der Waals surface area (Å²) in [5.74, 6) is 1.09. The minimum absolute atomic E-state index is 0. The molecule has 158 valence electrons. The second-order valence-corrected chi connectivity index (χ2v) is 6.96. The van der Waals surface area contributed by atoms with Gasteiger partial charge in [0.15, 0.2) is 5.96 Å². The standard InChI is InChI=1S/C21H27FN4OS.HI/c1-3-23-21(25-12-11-24-20(27)16-7-5-4-6-8-16)26-14-17-9-10-19(22)13-18(17)15-28-2;/h4-10,13H,3,11-12,14-15H2,1-2H3,(H,24,27)(H2,23,25,26);1H. The van der Waals surface area contributed by atoms with E-state index in [0.29, 0.717) is 31.2 Å². The van der Waals surface area contributed by atoms with Crippen molar-refractivity contribution in [2.75, 3.05) is 25.9 Å². The fourth-order valence-electron chi connectivity index (χ4n) is 2.59. The summed E-state index contributed by atoms with van der Waals surface area (Å²) in [4.78, 5) is 16.6. The van der Waals surface area contributed by atoms with Crippen molar-refractivity contribution in [3.8, 4) is 0 Å². The number of hydrogen-bond donors (Lipinski definition) is 3. The van der Waals surface area contributed by atoms with Crippen molar-refractivity contribution in [3.05, 3.63) is 71.0 Å². The maximum atomic E-state index is 13.5. The number of aliphatic imine (C=N–C) groups is 1. The SMILES string of the molecule is CCNC(=NCc1ccc(F)cc1CSC)NCCNC(=O)c1ccccc1.I. The van der Waals surface area contributed by atoms with Crippen LogP contribution in [0.2, 0.25) is 0 Å². The molecule has 5 nitrogen and oxygen atoms in total. The number of nitrogens with zero attached hydrogens (tertiary/aromatic N) is 1. The average Bonchev–Trinajstić information content (AvgIpc) is 2.71. The molecule has 29 heavy (non-hydrogen) atoms. The van der Waals surface area contributed by atoms with Crippen LogP contribution in [0.15, 0.2) is 53.5 Å². The van der Waals surface area contributed by atoms with Gasteiger partial charge >= 0.3 is 0 Å². The number of hydrogen-bond acceptors (Lipinski definition) is 3. The number of rotatable bonds is 9. The largest absolute Gasteiger partial charge is 0.357 e. The molecule has 0 saturated heterocycles. The molecule has 0 saturated carbocycles. The van der Waals surface area contributed by atoms with Gasteiger partial charge in [0.25, 0.3) is 5.91 Å². The predicted molar refractivity (Wildman–Crippen MR) is 131 cm³/mol. The zero-order valence-electron chi connectivity index (χ0n) is 16.7. The van der Waals surface area contributed by atoms with E-state index in [1.54, 1.807) is 36.0 Å². The van der Waals surface area contributed by atoms with Crippen LogP contribution in [0.5, 0.6) is 0 Å². The van der Waals surface area contributed by atoms with Gasteiger partial charge in [-0.1, -0.05) is 24.3 Å². The van der Waals surface area contributed by atoms with Crippen molar-refractivity contribution in [3.63, 3.8) is 0 Å². The van der Waals surface area contributed by atoms with Crippen LogP contribution in [-0.2, 0) is 12.3 Å². The number of thioether (sulfide) groups is 1. The Morgan fingerprint density at radius 2 is 1.76 bits per heavy atom. The Morgan fingerprint density at radius 3 is 2.45 bits per heavy atom. The van der Waals surface area contributed by atoms with Gasteiger partial charge in [-0.05, 0) is 48.6 Å². The minimum Gasteiger partial charge on any atom is -0.357 e. The van der Waals surface area contributed by atoms with Crippen LogP contribution in [0.1, 0.15) is 28.4 Å². The summed E-state index contributed by atoms with van der Waals surface area (Å²) < 4.78 is 13.5. The Hall–Kier alpha value is -1.81. The highest BCUT2D eigenvalue weighted by molar-refractivity contribution is 14.0. The van der Waals surface area contributed by atoms with E-state index >= 15 is 0 Å². The van der Waals surface area contributed by atoms with Crippen molar-refractivity contribution in [2.24, 2.45) is 4.99 Å². The summed E-state index contributed by atoms with van der Waals surface area (Å²) in [6.07, 6.45) is 1.99. The lowest BCUT2D eigenvalue weighted by Crippen LogP contribution is -2.41. The van der Waals surface area contributed by atoms with E-state index in [4.69, 9.17) is 0 Å². The minimum atomic E-state index is -0.226. The number of carbonyl (C=O) groups is 1. The van der Waals surface area contributed by atoms with Crippen LogP contribution in [-0.4, -0.2) is 37.8 Å². The Morgan fingerprint density at radius 1 is 1.03 bits per heavy atom. The molecule has 0 spiro atoms. The van der Waals surface area contributed by atoms with Crippen LogP contribution in [0, 0.1) is 5.82 Å². The molecular weight excluding hydrogens is 502 g/mol. The number of halogens is 2. The first-order chi connectivity index (χ1) is 13.6. The summed E-state index contributed by atoms with van der Waals surface area (Å²) in [7, 11) is 0. The number of guanidine groups is 1. The maximum Gasteiger partial charge on any atom is 0.251 e. The first-order valence-corrected chi connectivity index (χ1v) is 10.6. The van der Waals surface area contributed by atoms with Gasteiger partial charge in [0.05, 0.1) is 6.54 Å². The highest BCUT2D eigenvalue weighted by Gasteiger charge is 2.06. The molecule has 3 N–H and O–H groups in total. The topological polar surface area (TPSA) is 65.5 Å². The van der Waals surface area contributed by atoms with E-state index in [1.807, 2.05) is 31.4 Å². The van der Waals surface area contributed by atoms with Gasteiger partial charge in [0.2, 0.25) is 0 Å². The van der Waals surface area contributed by atoms with E-state index < -0.39 is 0 Å². The zero-order chi connectivity index (χ0) is 20.2. The Labute approximate surface area is 193 Å². The van der Waals surface area contributed by atoms with Crippen molar-refractivity contribution < 1.29 is 9.18 Å². The van der Waals surface area contributed by atoms with Gasteiger partial charge in [-0.3, -0.25) is 4.79 Å². The molecule has 0 heterocycles. The van der Waals surface area contributed by atoms with Gasteiger partial charge in [-0.15, -0.1) is 24.0 Å². The van der Waals surface area contributed by atoms with Gasteiger partial charge < -0.3 is 16.0 Å².